The summed E-state index contributed by atoms with van der Waals surface area (Å²) in [6, 6.07) is 0. The molecule has 0 aromatic rings. The lowest BCUT2D eigenvalue weighted by atomic mass is 9.80. The van der Waals surface area contributed by atoms with Crippen LogP contribution in [0.15, 0.2) is 62.2 Å². The summed E-state index contributed by atoms with van der Waals surface area (Å²) < 4.78 is 5.07. The van der Waals surface area contributed by atoms with Crippen molar-refractivity contribution in [1.29, 1.82) is 0 Å². The second-order valence-electron chi connectivity index (χ2n) is 10.7. The molecule has 35 heavy (non-hydrogen) atoms. The van der Waals surface area contributed by atoms with E-state index in [4.69, 9.17) is 4.74 Å². The molecule has 3 aliphatic carbocycles. The van der Waals surface area contributed by atoms with Crippen molar-refractivity contribution in [3.63, 3.8) is 0 Å². The van der Waals surface area contributed by atoms with E-state index in [0.29, 0.717) is 23.4 Å². The molecule has 3 heterocycles. The van der Waals surface area contributed by atoms with Gasteiger partial charge in [0.05, 0.1) is 13.7 Å². The zero-order valence-corrected chi connectivity index (χ0v) is 21.7. The van der Waals surface area contributed by atoms with E-state index in [0.717, 1.165) is 19.6 Å². The summed E-state index contributed by atoms with van der Waals surface area (Å²) >= 11 is 1.56. The lowest BCUT2D eigenvalue weighted by Gasteiger charge is -2.30. The minimum absolute atomic E-state index is 0.310. The largest absolute Gasteiger partial charge is 0.464 e. The Morgan fingerprint density at radius 1 is 1.09 bits per heavy atom. The van der Waals surface area contributed by atoms with E-state index in [2.05, 4.69) is 39.2 Å². The van der Waals surface area contributed by atoms with Gasteiger partial charge in [0.2, 0.25) is 0 Å². The third-order valence-electron chi connectivity index (χ3n) is 8.52. The molecule has 3 aliphatic heterocycles. The maximum absolute atomic E-state index is 12.5. The van der Waals surface area contributed by atoms with Crippen LogP contribution in [-0.2, 0) is 9.53 Å². The van der Waals surface area contributed by atoms with Crippen LogP contribution in [0.25, 0.3) is 0 Å². The van der Waals surface area contributed by atoms with Crippen LogP contribution in [0.3, 0.4) is 0 Å². The van der Waals surface area contributed by atoms with Crippen molar-refractivity contribution in [2.24, 2.45) is 16.8 Å². The molecule has 1 unspecified atom stereocenters. The van der Waals surface area contributed by atoms with Gasteiger partial charge >= 0.3 is 5.97 Å². The molecule has 1 saturated heterocycles. The van der Waals surface area contributed by atoms with Gasteiger partial charge in [-0.25, -0.2) is 4.79 Å². The molecular formula is C29H37N3O2S. The van der Waals surface area contributed by atoms with Gasteiger partial charge in [0.1, 0.15) is 0 Å². The van der Waals surface area contributed by atoms with Crippen molar-refractivity contribution in [2.75, 3.05) is 46.4 Å². The lowest BCUT2D eigenvalue weighted by Crippen LogP contribution is -2.37. The van der Waals surface area contributed by atoms with E-state index in [1.165, 1.54) is 98.8 Å². The molecule has 6 aliphatic rings. The van der Waals surface area contributed by atoms with E-state index in [-0.39, 0.29) is 5.97 Å². The molecule has 0 aromatic carbocycles. The Hall–Kier alpha value is -2.05. The Labute approximate surface area is 213 Å². The maximum atomic E-state index is 12.5. The van der Waals surface area contributed by atoms with Gasteiger partial charge in [-0.15, -0.1) is 0 Å². The number of rotatable bonds is 5. The fourth-order valence-electron chi connectivity index (χ4n) is 6.76. The van der Waals surface area contributed by atoms with Gasteiger partial charge in [-0.3, -0.25) is 4.99 Å². The number of carbonyl (C=O) groups excluding carboxylic acids is 1. The quantitative estimate of drug-likeness (QED) is 0.492. The highest BCUT2D eigenvalue weighted by Gasteiger charge is 2.42. The topological polar surface area (TPSA) is 45.1 Å². The summed E-state index contributed by atoms with van der Waals surface area (Å²) in [6.07, 6.45) is 20.1. The van der Waals surface area contributed by atoms with Gasteiger partial charge in [0, 0.05) is 36.7 Å². The molecule has 0 amide bonds. The number of hydrogen-bond donors (Lipinski definition) is 0. The van der Waals surface area contributed by atoms with Crippen LogP contribution < -0.4 is 0 Å². The molecule has 2 fully saturated rings. The van der Waals surface area contributed by atoms with Crippen LogP contribution in [0.2, 0.25) is 0 Å². The maximum Gasteiger partial charge on any atom is 0.363 e. The molecule has 1 atom stereocenters. The molecule has 0 bridgehead atoms. The van der Waals surface area contributed by atoms with Gasteiger partial charge in [-0.2, -0.15) is 0 Å². The van der Waals surface area contributed by atoms with Crippen molar-refractivity contribution >= 4 is 22.8 Å². The number of piperidine rings is 1. The first-order valence-electron chi connectivity index (χ1n) is 13.6. The first-order chi connectivity index (χ1) is 17.2. The molecule has 0 N–H and O–H groups in total. The number of carbonyl (C=O) groups is 1. The number of fused-ring (bicyclic) bond motifs is 4. The van der Waals surface area contributed by atoms with Gasteiger partial charge in [0.15, 0.2) is 5.04 Å². The number of thioether (sulfide) groups is 1. The van der Waals surface area contributed by atoms with E-state index in [1.54, 1.807) is 17.3 Å². The van der Waals surface area contributed by atoms with E-state index in [1.807, 2.05) is 0 Å². The molecule has 0 spiro atoms. The first kappa shape index (κ1) is 23.4. The fraction of sp³-hybridized carbons (Fsp3) is 0.586. The van der Waals surface area contributed by atoms with Crippen LogP contribution in [-0.4, -0.2) is 67.2 Å². The average molecular weight is 492 g/mol. The van der Waals surface area contributed by atoms with E-state index >= 15 is 0 Å². The molecule has 0 radical (unpaired) electrons. The monoisotopic (exact) mass is 491 g/mol. The van der Waals surface area contributed by atoms with Crippen LogP contribution in [0, 0.1) is 11.8 Å². The fourth-order valence-corrected chi connectivity index (χ4v) is 7.85. The van der Waals surface area contributed by atoms with Crippen LogP contribution in [0.5, 0.6) is 0 Å². The van der Waals surface area contributed by atoms with Crippen molar-refractivity contribution < 1.29 is 9.53 Å². The minimum atomic E-state index is -0.310. The van der Waals surface area contributed by atoms with Crippen molar-refractivity contribution in [3.8, 4) is 0 Å². The molecule has 6 heteroatoms. The van der Waals surface area contributed by atoms with Crippen LogP contribution in [0.1, 0.15) is 51.4 Å². The lowest BCUT2D eigenvalue weighted by molar-refractivity contribution is -0.132. The molecular weight excluding hydrogens is 454 g/mol. The Bertz CT molecular complexity index is 1070. The van der Waals surface area contributed by atoms with Gasteiger partial charge in [0.25, 0.3) is 0 Å². The number of esters is 1. The zero-order chi connectivity index (χ0) is 23.8. The summed E-state index contributed by atoms with van der Waals surface area (Å²) in [5.41, 5.74) is 7.29. The van der Waals surface area contributed by atoms with E-state index < -0.39 is 0 Å². The third-order valence-corrected chi connectivity index (χ3v) is 9.71. The van der Waals surface area contributed by atoms with Crippen LogP contribution >= 0.6 is 11.8 Å². The number of nitrogens with zero attached hydrogens (tertiary/aromatic N) is 3. The molecule has 6 rings (SSSR count). The highest BCUT2D eigenvalue weighted by molar-refractivity contribution is 8.19. The highest BCUT2D eigenvalue weighted by Crippen LogP contribution is 2.55. The predicted molar refractivity (Wildman–Crippen MR) is 143 cm³/mol. The van der Waals surface area contributed by atoms with Crippen molar-refractivity contribution in [3.05, 3.63) is 57.2 Å². The second-order valence-corrected chi connectivity index (χ2v) is 11.7. The van der Waals surface area contributed by atoms with Gasteiger partial charge < -0.3 is 14.5 Å². The number of allylic oxidation sites excluding steroid dienone is 7. The number of aliphatic imine (C=N–C) groups is 1. The standard InChI is InChI=1S/C29H37N3O2S/c1-34-29(33)28-30-17-21-18-32(16-15-31-13-6-3-7-14-31)19-24-22-11-8-12-23(22)25(26(24)27(21)35-28)20-9-4-2-5-10-20/h8,11-12,19-20,22H,2-7,9-10,13-18H2,1H3. The SMILES string of the molecule is COC(=O)C1=NCC2=C(S1)C1=C(C3CCCCC3)C3=CC=CC3C1=CN(CCN1CCCCC1)C2. The molecule has 1 saturated carbocycles. The summed E-state index contributed by atoms with van der Waals surface area (Å²) in [7, 11) is 1.46. The number of methoxy groups -OCH3 is 1. The Kier molecular flexibility index (Phi) is 6.76. The number of likely N-dealkylation sites (tertiary alicyclic amines) is 1. The van der Waals surface area contributed by atoms with Crippen molar-refractivity contribution in [2.45, 2.75) is 51.4 Å². The average Bonchev–Trinajstić information content (AvgIpc) is 3.45. The van der Waals surface area contributed by atoms with Gasteiger partial charge in [-0.05, 0) is 72.6 Å². The smallest absolute Gasteiger partial charge is 0.363 e. The van der Waals surface area contributed by atoms with E-state index in [9.17, 15) is 4.79 Å². The Balaban J connectivity index is 1.39. The minimum Gasteiger partial charge on any atom is -0.464 e. The Morgan fingerprint density at radius 3 is 2.69 bits per heavy atom. The summed E-state index contributed by atoms with van der Waals surface area (Å²) in [4.78, 5) is 23.6. The molecule has 0 aromatic heterocycles. The predicted octanol–water partition coefficient (Wildman–Crippen LogP) is 5.25. The van der Waals surface area contributed by atoms with Crippen LogP contribution in [0.4, 0.5) is 0 Å². The molecule has 5 nitrogen and oxygen atoms in total. The summed E-state index contributed by atoms with van der Waals surface area (Å²) in [5, 5.41) is 0.504. The summed E-state index contributed by atoms with van der Waals surface area (Å²) in [5.74, 6) is 0.663. The highest BCUT2D eigenvalue weighted by atomic mass is 32.2. The number of hydrogen-bond acceptors (Lipinski definition) is 6. The third kappa shape index (κ3) is 4.48. The Morgan fingerprint density at radius 2 is 1.89 bits per heavy atom. The van der Waals surface area contributed by atoms with Gasteiger partial charge in [-0.1, -0.05) is 55.7 Å². The summed E-state index contributed by atoms with van der Waals surface area (Å²) in [6.45, 7) is 6.12. The second kappa shape index (κ2) is 10.1. The zero-order valence-electron chi connectivity index (χ0n) is 20.9. The normalized spacial score (nSPS) is 27.2. The van der Waals surface area contributed by atoms with Crippen molar-refractivity contribution in [1.82, 2.24) is 9.80 Å². The molecule has 186 valence electrons. The first-order valence-corrected chi connectivity index (χ1v) is 14.4. The number of ether oxygens (including phenoxy) is 1.